The Morgan fingerprint density at radius 3 is 2.58 bits per heavy atom. The van der Waals surface area contributed by atoms with E-state index in [-0.39, 0.29) is 25.7 Å². The first-order chi connectivity index (χ1) is 8.99. The van der Waals surface area contributed by atoms with Crippen molar-refractivity contribution in [3.8, 4) is 0 Å². The maximum absolute atomic E-state index is 12.5. The molecule has 1 unspecified atom stereocenters. The summed E-state index contributed by atoms with van der Waals surface area (Å²) in [7, 11) is 1.86. The number of benzene rings is 1. The molecule has 0 heterocycles. The second kappa shape index (κ2) is 7.77. The fraction of sp³-hybridized carbons (Fsp3) is 0.538. The van der Waals surface area contributed by atoms with Gasteiger partial charge in [-0.2, -0.15) is 0 Å². The van der Waals surface area contributed by atoms with Crippen molar-refractivity contribution in [3.63, 3.8) is 0 Å². The molecule has 0 spiro atoms. The molecule has 0 aliphatic carbocycles. The first kappa shape index (κ1) is 16.3. The molecule has 0 amide bonds. The Morgan fingerprint density at radius 2 is 2.11 bits per heavy atom. The molecular weight excluding hydrogens is 318 g/mol. The van der Waals surface area contributed by atoms with E-state index in [1.54, 1.807) is 6.07 Å². The van der Waals surface area contributed by atoms with Crippen molar-refractivity contribution in [1.29, 1.82) is 0 Å². The summed E-state index contributed by atoms with van der Waals surface area (Å²) in [5.74, 6) is 0. The van der Waals surface area contributed by atoms with E-state index in [2.05, 4.69) is 21.2 Å². The van der Waals surface area contributed by atoms with Crippen LogP contribution in [-0.2, 0) is 0 Å². The number of halogens is 3. The standard InChI is InChI=1S/C13H19BrF2N2O/c1-9(17-2)10-3-4-12(11(14)7-10)18(5-6-19)8-13(15)16/h3-4,7,9,13,17,19H,5-6,8H2,1-2H3. The zero-order valence-electron chi connectivity index (χ0n) is 11.0. The normalized spacial score (nSPS) is 12.8. The Morgan fingerprint density at radius 1 is 1.42 bits per heavy atom. The first-order valence-electron chi connectivity index (χ1n) is 6.10. The van der Waals surface area contributed by atoms with Crippen LogP contribution in [0.1, 0.15) is 18.5 Å². The van der Waals surface area contributed by atoms with Crippen LogP contribution in [0.15, 0.2) is 22.7 Å². The van der Waals surface area contributed by atoms with Gasteiger partial charge >= 0.3 is 0 Å². The van der Waals surface area contributed by atoms with Crippen LogP contribution in [0.25, 0.3) is 0 Å². The molecule has 0 aliphatic rings. The summed E-state index contributed by atoms with van der Waals surface area (Å²) < 4.78 is 25.8. The number of anilines is 1. The molecule has 3 nitrogen and oxygen atoms in total. The number of aliphatic hydroxyl groups is 1. The summed E-state index contributed by atoms with van der Waals surface area (Å²) in [5, 5.41) is 12.1. The molecule has 6 heteroatoms. The van der Waals surface area contributed by atoms with Crippen molar-refractivity contribution in [2.24, 2.45) is 0 Å². The van der Waals surface area contributed by atoms with Gasteiger partial charge in [-0.25, -0.2) is 8.78 Å². The van der Waals surface area contributed by atoms with E-state index in [1.165, 1.54) is 4.90 Å². The van der Waals surface area contributed by atoms with Crippen molar-refractivity contribution in [3.05, 3.63) is 28.2 Å². The molecular formula is C13H19BrF2N2O. The Hall–Kier alpha value is -0.720. The number of rotatable bonds is 7. The van der Waals surface area contributed by atoms with Crippen LogP contribution in [-0.4, -0.2) is 38.3 Å². The van der Waals surface area contributed by atoms with Crippen LogP contribution in [0.2, 0.25) is 0 Å². The van der Waals surface area contributed by atoms with Gasteiger partial charge in [0.25, 0.3) is 6.43 Å². The number of hydrogen-bond donors (Lipinski definition) is 2. The van der Waals surface area contributed by atoms with Gasteiger partial charge in [0.15, 0.2) is 0 Å². The monoisotopic (exact) mass is 336 g/mol. The van der Waals surface area contributed by atoms with Crippen LogP contribution in [0, 0.1) is 0 Å². The molecule has 0 saturated carbocycles. The lowest BCUT2D eigenvalue weighted by Crippen LogP contribution is -2.31. The van der Waals surface area contributed by atoms with E-state index in [9.17, 15) is 8.78 Å². The summed E-state index contributed by atoms with van der Waals surface area (Å²) in [5.41, 5.74) is 1.74. The summed E-state index contributed by atoms with van der Waals surface area (Å²) in [6.07, 6.45) is -2.44. The van der Waals surface area contributed by atoms with Gasteiger partial charge in [0.2, 0.25) is 0 Å². The number of aliphatic hydroxyl groups excluding tert-OH is 1. The van der Waals surface area contributed by atoms with Gasteiger partial charge in [0, 0.05) is 17.1 Å². The lowest BCUT2D eigenvalue weighted by Gasteiger charge is -2.25. The first-order valence-corrected chi connectivity index (χ1v) is 6.89. The van der Waals surface area contributed by atoms with Gasteiger partial charge in [0.1, 0.15) is 0 Å². The molecule has 2 N–H and O–H groups in total. The molecule has 0 aliphatic heterocycles. The molecule has 1 rings (SSSR count). The largest absolute Gasteiger partial charge is 0.395 e. The molecule has 0 radical (unpaired) electrons. The molecule has 0 aromatic heterocycles. The fourth-order valence-electron chi connectivity index (χ4n) is 1.81. The number of alkyl halides is 2. The molecule has 0 saturated heterocycles. The maximum atomic E-state index is 12.5. The zero-order chi connectivity index (χ0) is 14.4. The van der Waals surface area contributed by atoms with Gasteiger partial charge < -0.3 is 15.3 Å². The fourth-order valence-corrected chi connectivity index (χ4v) is 2.46. The molecule has 19 heavy (non-hydrogen) atoms. The Kier molecular flexibility index (Phi) is 6.68. The lowest BCUT2D eigenvalue weighted by atomic mass is 10.1. The minimum Gasteiger partial charge on any atom is -0.395 e. The van der Waals surface area contributed by atoms with Crippen LogP contribution >= 0.6 is 15.9 Å². The van der Waals surface area contributed by atoms with Crippen LogP contribution in [0.5, 0.6) is 0 Å². The number of nitrogens with zero attached hydrogens (tertiary/aromatic N) is 1. The van der Waals surface area contributed by atoms with E-state index in [0.717, 1.165) is 10.0 Å². The highest BCUT2D eigenvalue weighted by atomic mass is 79.9. The summed E-state index contributed by atoms with van der Waals surface area (Å²) >= 11 is 3.41. The van der Waals surface area contributed by atoms with Crippen molar-refractivity contribution >= 4 is 21.6 Å². The van der Waals surface area contributed by atoms with Crippen LogP contribution in [0.3, 0.4) is 0 Å². The van der Waals surface area contributed by atoms with Gasteiger partial charge in [0.05, 0.1) is 18.8 Å². The minimum absolute atomic E-state index is 0.159. The zero-order valence-corrected chi connectivity index (χ0v) is 12.6. The summed E-state index contributed by atoms with van der Waals surface area (Å²) in [6.45, 7) is 1.66. The van der Waals surface area contributed by atoms with Crippen molar-refractivity contribution < 1.29 is 13.9 Å². The van der Waals surface area contributed by atoms with E-state index in [0.29, 0.717) is 5.69 Å². The molecule has 1 atom stereocenters. The smallest absolute Gasteiger partial charge is 0.255 e. The summed E-state index contributed by atoms with van der Waals surface area (Å²) in [6, 6.07) is 5.79. The number of nitrogens with one attached hydrogen (secondary N) is 1. The maximum Gasteiger partial charge on any atom is 0.255 e. The van der Waals surface area contributed by atoms with Gasteiger partial charge in [-0.1, -0.05) is 6.07 Å². The third kappa shape index (κ3) is 4.71. The van der Waals surface area contributed by atoms with Crippen molar-refractivity contribution in [2.45, 2.75) is 19.4 Å². The van der Waals surface area contributed by atoms with E-state index >= 15 is 0 Å². The van der Waals surface area contributed by atoms with E-state index in [4.69, 9.17) is 5.11 Å². The van der Waals surface area contributed by atoms with Gasteiger partial charge in [-0.15, -0.1) is 0 Å². The third-order valence-corrected chi connectivity index (χ3v) is 3.61. The van der Waals surface area contributed by atoms with Crippen molar-refractivity contribution in [2.75, 3.05) is 31.6 Å². The molecule has 0 fully saturated rings. The Balaban J connectivity index is 2.97. The topological polar surface area (TPSA) is 35.5 Å². The van der Waals surface area contributed by atoms with Gasteiger partial charge in [-0.05, 0) is 47.6 Å². The SMILES string of the molecule is CNC(C)c1ccc(N(CCO)CC(F)F)c(Br)c1. The highest BCUT2D eigenvalue weighted by Gasteiger charge is 2.16. The molecule has 0 bridgehead atoms. The predicted molar refractivity (Wildman–Crippen MR) is 76.9 cm³/mol. The van der Waals surface area contributed by atoms with E-state index < -0.39 is 6.43 Å². The quantitative estimate of drug-likeness (QED) is 0.803. The summed E-state index contributed by atoms with van der Waals surface area (Å²) in [4.78, 5) is 1.47. The lowest BCUT2D eigenvalue weighted by molar-refractivity contribution is 0.152. The third-order valence-electron chi connectivity index (χ3n) is 2.97. The average Bonchev–Trinajstić information content (AvgIpc) is 2.36. The number of hydrogen-bond acceptors (Lipinski definition) is 3. The Bertz CT molecular complexity index is 404. The molecule has 1 aromatic rings. The predicted octanol–water partition coefficient (Wildman–Crippen LogP) is 2.79. The van der Waals surface area contributed by atoms with Crippen molar-refractivity contribution in [1.82, 2.24) is 5.32 Å². The highest BCUT2D eigenvalue weighted by molar-refractivity contribution is 9.10. The van der Waals surface area contributed by atoms with Crippen LogP contribution in [0.4, 0.5) is 14.5 Å². The minimum atomic E-state index is -2.44. The second-order valence-electron chi connectivity index (χ2n) is 4.28. The highest BCUT2D eigenvalue weighted by Crippen LogP contribution is 2.29. The van der Waals surface area contributed by atoms with Gasteiger partial charge in [-0.3, -0.25) is 0 Å². The second-order valence-corrected chi connectivity index (χ2v) is 5.14. The molecule has 1 aromatic carbocycles. The van der Waals surface area contributed by atoms with E-state index in [1.807, 2.05) is 26.1 Å². The molecule has 108 valence electrons. The Labute approximate surface area is 120 Å². The van der Waals surface area contributed by atoms with Crippen LogP contribution < -0.4 is 10.2 Å². The average molecular weight is 337 g/mol.